The first-order valence-electron chi connectivity index (χ1n) is 5.94. The van der Waals surface area contributed by atoms with Gasteiger partial charge in [0.1, 0.15) is 24.5 Å². The molecule has 0 amide bonds. The zero-order chi connectivity index (χ0) is 12.8. The van der Waals surface area contributed by atoms with E-state index in [1.807, 2.05) is 24.3 Å². The van der Waals surface area contributed by atoms with Gasteiger partial charge in [0.15, 0.2) is 0 Å². The predicted octanol–water partition coefficient (Wildman–Crippen LogP) is 3.47. The van der Waals surface area contributed by atoms with Gasteiger partial charge in [0.2, 0.25) is 0 Å². The average molecular weight is 269 g/mol. The van der Waals surface area contributed by atoms with Crippen molar-refractivity contribution < 1.29 is 14.2 Å². The molecule has 0 N–H and O–H groups in total. The van der Waals surface area contributed by atoms with Gasteiger partial charge in [-0.3, -0.25) is 0 Å². The molecule has 1 aromatic carbocycles. The van der Waals surface area contributed by atoms with Crippen molar-refractivity contribution in [1.82, 2.24) is 0 Å². The van der Waals surface area contributed by atoms with E-state index in [1.54, 1.807) is 6.26 Å². The van der Waals surface area contributed by atoms with E-state index in [2.05, 4.69) is 6.92 Å². The lowest BCUT2D eigenvalue weighted by Crippen LogP contribution is -2.16. The van der Waals surface area contributed by atoms with Crippen molar-refractivity contribution in [2.75, 3.05) is 12.7 Å². The van der Waals surface area contributed by atoms with Crippen LogP contribution in [0.25, 0.3) is 0 Å². The molecule has 0 bridgehead atoms. The topological polar surface area (TPSA) is 27.7 Å². The molecule has 0 fully saturated rings. The van der Waals surface area contributed by atoms with E-state index in [0.29, 0.717) is 13.2 Å². The van der Waals surface area contributed by atoms with Gasteiger partial charge in [0.05, 0.1) is 12.9 Å². The minimum absolute atomic E-state index is 0.143. The zero-order valence-electron chi connectivity index (χ0n) is 10.4. The first-order valence-corrected chi connectivity index (χ1v) is 6.48. The van der Waals surface area contributed by atoms with Gasteiger partial charge >= 0.3 is 0 Å². The smallest absolute Gasteiger partial charge is 0.135 e. The molecule has 1 heterocycles. The van der Waals surface area contributed by atoms with Crippen molar-refractivity contribution in [3.63, 3.8) is 0 Å². The number of halogens is 1. The first-order chi connectivity index (χ1) is 8.78. The quantitative estimate of drug-likeness (QED) is 0.740. The Balaban J connectivity index is 1.76. The second-order valence-corrected chi connectivity index (χ2v) is 4.56. The van der Waals surface area contributed by atoms with E-state index in [-0.39, 0.29) is 12.2 Å². The van der Waals surface area contributed by atoms with Gasteiger partial charge in [0.25, 0.3) is 0 Å². The monoisotopic (exact) mass is 268 g/mol. The van der Waals surface area contributed by atoms with Gasteiger partial charge in [-0.1, -0.05) is 23.7 Å². The third-order valence-electron chi connectivity index (χ3n) is 2.72. The number of rotatable bonds is 6. The summed E-state index contributed by atoms with van der Waals surface area (Å²) in [6.45, 7) is 3.16. The molecule has 0 aliphatic carbocycles. The molecule has 1 aliphatic rings. The fraction of sp³-hybridized carbons (Fsp3) is 0.429. The van der Waals surface area contributed by atoms with Crippen LogP contribution in [-0.4, -0.2) is 18.8 Å². The van der Waals surface area contributed by atoms with Crippen LogP contribution in [0.4, 0.5) is 0 Å². The number of hydrogen-bond donors (Lipinski definition) is 0. The van der Waals surface area contributed by atoms with Crippen LogP contribution in [-0.2, 0) is 16.1 Å². The fourth-order valence-corrected chi connectivity index (χ4v) is 1.87. The van der Waals surface area contributed by atoms with E-state index in [4.69, 9.17) is 25.8 Å². The van der Waals surface area contributed by atoms with E-state index >= 15 is 0 Å². The number of hydrogen-bond acceptors (Lipinski definition) is 3. The van der Waals surface area contributed by atoms with Gasteiger partial charge in [-0.2, -0.15) is 0 Å². The van der Waals surface area contributed by atoms with Gasteiger partial charge in [-0.15, -0.1) is 0 Å². The lowest BCUT2D eigenvalue weighted by molar-refractivity contribution is 0.108. The third-order valence-corrected chi connectivity index (χ3v) is 2.87. The Bertz CT molecular complexity index is 400. The Kier molecular flexibility index (Phi) is 4.90. The van der Waals surface area contributed by atoms with Gasteiger partial charge in [0, 0.05) is 6.42 Å². The lowest BCUT2D eigenvalue weighted by Gasteiger charge is -2.12. The van der Waals surface area contributed by atoms with Crippen molar-refractivity contribution in [1.29, 1.82) is 0 Å². The van der Waals surface area contributed by atoms with Gasteiger partial charge in [-0.05, 0) is 30.2 Å². The Morgan fingerprint density at radius 3 is 2.72 bits per heavy atom. The fourth-order valence-electron chi connectivity index (χ4n) is 1.79. The molecule has 3 nitrogen and oxygen atoms in total. The Hall–Kier alpha value is -1.19. The number of alkyl halides is 1. The molecule has 0 aromatic heterocycles. The minimum atomic E-state index is 0.143. The predicted molar refractivity (Wildman–Crippen MR) is 70.7 cm³/mol. The van der Waals surface area contributed by atoms with Crippen molar-refractivity contribution in [2.24, 2.45) is 0 Å². The highest BCUT2D eigenvalue weighted by atomic mass is 35.5. The molecular formula is C14H17ClO3. The first kappa shape index (κ1) is 13.2. The minimum Gasteiger partial charge on any atom is -0.494 e. The van der Waals surface area contributed by atoms with E-state index in [1.165, 1.54) is 5.57 Å². The normalized spacial score (nSPS) is 18.3. The number of ether oxygens (including phenoxy) is 3. The van der Waals surface area contributed by atoms with Crippen molar-refractivity contribution in [2.45, 2.75) is 26.1 Å². The molecule has 1 aliphatic heterocycles. The van der Waals surface area contributed by atoms with E-state index in [0.717, 1.165) is 17.7 Å². The second-order valence-electron chi connectivity index (χ2n) is 4.34. The van der Waals surface area contributed by atoms with Crippen LogP contribution < -0.4 is 4.74 Å². The molecule has 4 heteroatoms. The SMILES string of the molecule is CC1=COC(COc2ccc(COCCl)cc2)C1. The lowest BCUT2D eigenvalue weighted by atomic mass is 10.2. The molecule has 0 radical (unpaired) electrons. The van der Waals surface area contributed by atoms with Crippen molar-refractivity contribution in [3.8, 4) is 5.75 Å². The zero-order valence-corrected chi connectivity index (χ0v) is 11.2. The molecule has 1 unspecified atom stereocenters. The van der Waals surface area contributed by atoms with Crippen LogP contribution in [0.5, 0.6) is 5.75 Å². The third kappa shape index (κ3) is 3.93. The van der Waals surface area contributed by atoms with E-state index in [9.17, 15) is 0 Å². The summed E-state index contributed by atoms with van der Waals surface area (Å²) in [6.07, 6.45) is 2.90. The van der Waals surface area contributed by atoms with Crippen molar-refractivity contribution in [3.05, 3.63) is 41.7 Å². The summed E-state index contributed by atoms with van der Waals surface area (Å²) < 4.78 is 16.2. The van der Waals surface area contributed by atoms with Gasteiger partial charge < -0.3 is 14.2 Å². The second kappa shape index (κ2) is 6.66. The highest BCUT2D eigenvalue weighted by Crippen LogP contribution is 2.19. The van der Waals surface area contributed by atoms with Crippen LogP contribution >= 0.6 is 11.6 Å². The highest BCUT2D eigenvalue weighted by molar-refractivity contribution is 6.17. The summed E-state index contributed by atoms with van der Waals surface area (Å²) in [5.74, 6) is 0.845. The maximum absolute atomic E-state index is 5.67. The molecule has 1 atom stereocenters. The molecule has 0 spiro atoms. The van der Waals surface area contributed by atoms with Gasteiger partial charge in [-0.25, -0.2) is 0 Å². The maximum Gasteiger partial charge on any atom is 0.135 e. The number of benzene rings is 1. The van der Waals surface area contributed by atoms with Crippen LogP contribution in [0, 0.1) is 0 Å². The summed E-state index contributed by atoms with van der Waals surface area (Å²) in [5, 5.41) is 0. The molecule has 1 aromatic rings. The summed E-state index contributed by atoms with van der Waals surface area (Å²) >= 11 is 5.45. The molecule has 0 saturated heterocycles. The summed E-state index contributed by atoms with van der Waals surface area (Å²) in [6, 6.07) is 8.02. The molecule has 18 heavy (non-hydrogen) atoms. The van der Waals surface area contributed by atoms with Crippen LogP contribution in [0.3, 0.4) is 0 Å². The molecular weight excluding hydrogens is 252 g/mol. The van der Waals surface area contributed by atoms with E-state index < -0.39 is 0 Å². The standard InChI is InChI=1S/C14H17ClO3/c1-11-6-14(17-7-11)9-18-13-4-2-12(3-5-13)8-16-10-15/h2-5,7,14H,6,8-10H2,1H3. The maximum atomic E-state index is 5.67. The van der Waals surface area contributed by atoms with Crippen LogP contribution in [0.15, 0.2) is 36.1 Å². The van der Waals surface area contributed by atoms with Crippen molar-refractivity contribution >= 4 is 11.6 Å². The Morgan fingerprint density at radius 2 is 2.11 bits per heavy atom. The van der Waals surface area contributed by atoms with Crippen LogP contribution in [0.1, 0.15) is 18.9 Å². The Morgan fingerprint density at radius 1 is 1.33 bits per heavy atom. The highest BCUT2D eigenvalue weighted by Gasteiger charge is 2.16. The summed E-state index contributed by atoms with van der Waals surface area (Å²) in [4.78, 5) is 0. The summed E-state index contributed by atoms with van der Waals surface area (Å²) in [5.41, 5.74) is 2.34. The largest absolute Gasteiger partial charge is 0.494 e. The Labute approximate surface area is 112 Å². The summed E-state index contributed by atoms with van der Waals surface area (Å²) in [7, 11) is 0. The van der Waals surface area contributed by atoms with Crippen LogP contribution in [0.2, 0.25) is 0 Å². The molecule has 98 valence electrons. The molecule has 2 rings (SSSR count). The molecule has 0 saturated carbocycles. The average Bonchev–Trinajstić information content (AvgIpc) is 2.81.